The summed E-state index contributed by atoms with van der Waals surface area (Å²) < 4.78 is 56.9. The van der Waals surface area contributed by atoms with Crippen LogP contribution in [0.1, 0.15) is 44.7 Å². The summed E-state index contributed by atoms with van der Waals surface area (Å²) in [5.41, 5.74) is -0.433. The lowest BCUT2D eigenvalue weighted by Crippen LogP contribution is -2.16. The van der Waals surface area contributed by atoms with Gasteiger partial charge in [0.2, 0.25) is 0 Å². The van der Waals surface area contributed by atoms with Gasteiger partial charge in [-0.25, -0.2) is 4.39 Å². The first-order chi connectivity index (χ1) is 9.03. The van der Waals surface area contributed by atoms with Crippen molar-refractivity contribution in [2.75, 3.05) is 0 Å². The van der Waals surface area contributed by atoms with Crippen LogP contribution in [0.25, 0.3) is 0 Å². The van der Waals surface area contributed by atoms with Crippen molar-refractivity contribution in [3.63, 3.8) is 0 Å². The molecule has 0 radical (unpaired) electrons. The fourth-order valence-corrected chi connectivity index (χ4v) is 1.84. The molecule has 6 heteroatoms. The first-order valence-electron chi connectivity index (χ1n) is 6.30. The van der Waals surface area contributed by atoms with Gasteiger partial charge in [-0.15, -0.1) is 0 Å². The molecule has 0 unspecified atom stereocenters. The zero-order valence-electron chi connectivity index (χ0n) is 11.8. The molecule has 1 rings (SSSR count). The van der Waals surface area contributed by atoms with E-state index in [9.17, 15) is 22.7 Å². The SMILES string of the molecule is CC(C)Oc1cc(C(C)C)c(O)c(F)c1CC(F)(F)F. The zero-order chi connectivity index (χ0) is 15.7. The molecule has 0 aromatic heterocycles. The molecule has 0 spiro atoms. The van der Waals surface area contributed by atoms with E-state index in [4.69, 9.17) is 4.74 Å². The number of aromatic hydroxyl groups is 1. The Hall–Kier alpha value is -1.46. The van der Waals surface area contributed by atoms with Crippen molar-refractivity contribution >= 4 is 0 Å². The minimum Gasteiger partial charge on any atom is -0.505 e. The van der Waals surface area contributed by atoms with Crippen LogP contribution < -0.4 is 4.74 Å². The topological polar surface area (TPSA) is 29.5 Å². The smallest absolute Gasteiger partial charge is 0.393 e. The van der Waals surface area contributed by atoms with E-state index >= 15 is 0 Å². The maximum Gasteiger partial charge on any atom is 0.393 e. The van der Waals surface area contributed by atoms with Crippen molar-refractivity contribution < 1.29 is 27.4 Å². The number of ether oxygens (including phenoxy) is 1. The minimum absolute atomic E-state index is 0.170. The number of rotatable bonds is 4. The van der Waals surface area contributed by atoms with Gasteiger partial charge in [0.05, 0.1) is 12.5 Å². The molecule has 0 saturated carbocycles. The Morgan fingerprint density at radius 3 is 2.15 bits per heavy atom. The second-order valence-corrected chi connectivity index (χ2v) is 5.22. The molecule has 0 bridgehead atoms. The van der Waals surface area contributed by atoms with E-state index in [-0.39, 0.29) is 17.2 Å². The fourth-order valence-electron chi connectivity index (χ4n) is 1.84. The minimum atomic E-state index is -4.58. The molecule has 0 amide bonds. The summed E-state index contributed by atoms with van der Waals surface area (Å²) in [6, 6.07) is 1.28. The predicted molar refractivity (Wildman–Crippen MR) is 67.7 cm³/mol. The number of halogens is 4. The number of alkyl halides is 3. The third kappa shape index (κ3) is 4.02. The summed E-state index contributed by atoms with van der Waals surface area (Å²) in [7, 11) is 0. The highest BCUT2D eigenvalue weighted by molar-refractivity contribution is 5.49. The van der Waals surface area contributed by atoms with Gasteiger partial charge in [0.15, 0.2) is 11.6 Å². The van der Waals surface area contributed by atoms with Crippen LogP contribution in [-0.4, -0.2) is 17.4 Å². The van der Waals surface area contributed by atoms with E-state index in [0.29, 0.717) is 0 Å². The van der Waals surface area contributed by atoms with Gasteiger partial charge in [-0.05, 0) is 25.8 Å². The largest absolute Gasteiger partial charge is 0.505 e. The summed E-state index contributed by atoms with van der Waals surface area (Å²) in [5, 5.41) is 9.71. The van der Waals surface area contributed by atoms with Crippen LogP contribution in [0.3, 0.4) is 0 Å². The van der Waals surface area contributed by atoms with Crippen LogP contribution in [0.5, 0.6) is 11.5 Å². The standard InChI is InChI=1S/C14H18F4O2/c1-7(2)9-5-11(20-8(3)4)10(6-14(16,17)18)12(15)13(9)19/h5,7-8,19H,6H2,1-4H3. The molecule has 0 aliphatic rings. The quantitative estimate of drug-likeness (QED) is 0.826. The Morgan fingerprint density at radius 2 is 1.75 bits per heavy atom. The van der Waals surface area contributed by atoms with Crippen molar-refractivity contribution in [1.29, 1.82) is 0 Å². The summed E-state index contributed by atoms with van der Waals surface area (Å²) in [6.07, 6.45) is -6.46. The lowest BCUT2D eigenvalue weighted by molar-refractivity contribution is -0.128. The lowest BCUT2D eigenvalue weighted by Gasteiger charge is -2.20. The number of hydrogen-bond donors (Lipinski definition) is 1. The normalized spacial score (nSPS) is 12.3. The molecule has 1 aromatic carbocycles. The van der Waals surface area contributed by atoms with Crippen molar-refractivity contribution in [3.8, 4) is 11.5 Å². The molecule has 0 aliphatic carbocycles. The molecular weight excluding hydrogens is 276 g/mol. The van der Waals surface area contributed by atoms with Crippen LogP contribution in [-0.2, 0) is 6.42 Å². The Labute approximate surface area is 115 Å². The lowest BCUT2D eigenvalue weighted by atomic mass is 9.97. The van der Waals surface area contributed by atoms with Gasteiger partial charge in [-0.3, -0.25) is 0 Å². The molecule has 0 aliphatic heterocycles. The fraction of sp³-hybridized carbons (Fsp3) is 0.571. The molecule has 1 aromatic rings. The van der Waals surface area contributed by atoms with Gasteiger partial charge in [0.1, 0.15) is 5.75 Å². The maximum atomic E-state index is 14.0. The zero-order valence-corrected chi connectivity index (χ0v) is 11.8. The van der Waals surface area contributed by atoms with E-state index in [1.165, 1.54) is 6.07 Å². The average Bonchev–Trinajstić information content (AvgIpc) is 2.26. The van der Waals surface area contributed by atoms with Crippen LogP contribution >= 0.6 is 0 Å². The highest BCUT2D eigenvalue weighted by atomic mass is 19.4. The second kappa shape index (κ2) is 5.89. The number of phenolic OH excluding ortho intramolecular Hbond substituents is 1. The van der Waals surface area contributed by atoms with Crippen LogP contribution in [0.2, 0.25) is 0 Å². The summed E-state index contributed by atoms with van der Waals surface area (Å²) in [6.45, 7) is 6.68. The predicted octanol–water partition coefficient (Wildman–Crippen LogP) is 4.55. The molecule has 0 saturated heterocycles. The van der Waals surface area contributed by atoms with Gasteiger partial charge in [0, 0.05) is 11.1 Å². The van der Waals surface area contributed by atoms with Gasteiger partial charge in [-0.2, -0.15) is 13.2 Å². The van der Waals surface area contributed by atoms with Crippen LogP contribution in [0, 0.1) is 5.82 Å². The third-order valence-electron chi connectivity index (χ3n) is 2.69. The van der Waals surface area contributed by atoms with Crippen molar-refractivity contribution in [3.05, 3.63) is 23.0 Å². The molecule has 0 heterocycles. The molecule has 20 heavy (non-hydrogen) atoms. The highest BCUT2D eigenvalue weighted by Crippen LogP contribution is 2.39. The Kier molecular flexibility index (Phi) is 4.89. The summed E-state index contributed by atoms with van der Waals surface area (Å²) in [4.78, 5) is 0. The Morgan fingerprint density at radius 1 is 1.20 bits per heavy atom. The first kappa shape index (κ1) is 16.6. The summed E-state index contributed by atoms with van der Waals surface area (Å²) in [5.74, 6) is -2.41. The molecule has 1 N–H and O–H groups in total. The summed E-state index contributed by atoms with van der Waals surface area (Å²) >= 11 is 0. The molecule has 0 atom stereocenters. The van der Waals surface area contributed by atoms with E-state index in [2.05, 4.69) is 0 Å². The van der Waals surface area contributed by atoms with Gasteiger partial charge >= 0.3 is 6.18 Å². The van der Waals surface area contributed by atoms with Crippen LogP contribution in [0.4, 0.5) is 17.6 Å². The van der Waals surface area contributed by atoms with Gasteiger partial charge in [-0.1, -0.05) is 13.8 Å². The average molecular weight is 294 g/mol. The van der Waals surface area contributed by atoms with Crippen LogP contribution in [0.15, 0.2) is 6.07 Å². The number of benzene rings is 1. The number of phenols is 1. The van der Waals surface area contributed by atoms with E-state index in [0.717, 1.165) is 0 Å². The first-order valence-corrected chi connectivity index (χ1v) is 6.30. The van der Waals surface area contributed by atoms with Gasteiger partial charge in [0.25, 0.3) is 0 Å². The van der Waals surface area contributed by atoms with E-state index < -0.39 is 35.8 Å². The monoisotopic (exact) mass is 294 g/mol. The molecular formula is C14H18F4O2. The maximum absolute atomic E-state index is 14.0. The van der Waals surface area contributed by atoms with Crippen molar-refractivity contribution in [1.82, 2.24) is 0 Å². The number of hydrogen-bond acceptors (Lipinski definition) is 2. The third-order valence-corrected chi connectivity index (χ3v) is 2.69. The van der Waals surface area contributed by atoms with Crippen molar-refractivity contribution in [2.24, 2.45) is 0 Å². The Bertz CT molecular complexity index is 479. The molecule has 2 nitrogen and oxygen atoms in total. The second-order valence-electron chi connectivity index (χ2n) is 5.22. The Balaban J connectivity index is 3.42. The molecule has 0 fully saturated rings. The van der Waals surface area contributed by atoms with Crippen molar-refractivity contribution in [2.45, 2.75) is 52.3 Å². The molecule has 114 valence electrons. The van der Waals surface area contributed by atoms with Gasteiger partial charge < -0.3 is 9.84 Å². The van der Waals surface area contributed by atoms with E-state index in [1.807, 2.05) is 0 Å². The van der Waals surface area contributed by atoms with E-state index in [1.54, 1.807) is 27.7 Å². The highest BCUT2D eigenvalue weighted by Gasteiger charge is 2.33.